The second-order valence-electron chi connectivity index (χ2n) is 8.14. The van der Waals surface area contributed by atoms with Crippen LogP contribution in [-0.2, 0) is 19.5 Å². The van der Waals surface area contributed by atoms with Crippen LogP contribution in [0, 0.1) is 0 Å². The normalized spacial score (nSPS) is 14.3. The molecule has 1 aromatic heterocycles. The molecule has 0 amide bonds. The number of furan rings is 1. The molecule has 0 fully saturated rings. The lowest BCUT2D eigenvalue weighted by molar-refractivity contribution is 0.260. The summed E-state index contributed by atoms with van der Waals surface area (Å²) >= 11 is 0. The van der Waals surface area contributed by atoms with Crippen molar-refractivity contribution < 1.29 is 13.9 Å². The molecule has 1 aliphatic heterocycles. The van der Waals surface area contributed by atoms with Crippen LogP contribution < -0.4 is 9.47 Å². The maximum Gasteiger partial charge on any atom is 0.176 e. The number of hydrogen-bond acceptors (Lipinski definition) is 4. The first-order valence-corrected chi connectivity index (χ1v) is 10.8. The molecule has 0 atom stereocenters. The molecule has 158 valence electrons. The standard InChI is InChI=1S/C27H27NO3/c1-29-24-11-10-20-9-6-12-28(18-23(20)15-24)17-19-13-22-16-25(21-7-4-3-5-8-21)31-27(22)26(14-19)30-2/h3-5,7-8,10-11,13-16H,6,9,12,17-18H2,1-2H3. The smallest absolute Gasteiger partial charge is 0.176 e. The lowest BCUT2D eigenvalue weighted by atomic mass is 10.0. The van der Waals surface area contributed by atoms with E-state index in [2.05, 4.69) is 53.4 Å². The topological polar surface area (TPSA) is 34.8 Å². The Morgan fingerprint density at radius 3 is 2.58 bits per heavy atom. The third kappa shape index (κ3) is 4.04. The van der Waals surface area contributed by atoms with E-state index in [-0.39, 0.29) is 0 Å². The van der Waals surface area contributed by atoms with Gasteiger partial charge in [0.05, 0.1) is 14.2 Å². The van der Waals surface area contributed by atoms with Crippen molar-refractivity contribution in [2.45, 2.75) is 25.9 Å². The minimum absolute atomic E-state index is 0.784. The van der Waals surface area contributed by atoms with E-state index in [1.807, 2.05) is 18.2 Å². The zero-order valence-electron chi connectivity index (χ0n) is 18.1. The SMILES string of the molecule is COc1ccc2c(c1)CN(Cc1cc(OC)c3oc(-c4ccccc4)cc3c1)CCC2. The summed E-state index contributed by atoms with van der Waals surface area (Å²) in [6.07, 6.45) is 2.27. The minimum Gasteiger partial charge on any atom is -0.497 e. The van der Waals surface area contributed by atoms with Gasteiger partial charge in [0.15, 0.2) is 11.3 Å². The molecular weight excluding hydrogens is 386 g/mol. The van der Waals surface area contributed by atoms with Gasteiger partial charge in [0, 0.05) is 24.0 Å². The highest BCUT2D eigenvalue weighted by atomic mass is 16.5. The van der Waals surface area contributed by atoms with E-state index in [9.17, 15) is 0 Å². The molecule has 3 aromatic carbocycles. The van der Waals surface area contributed by atoms with Gasteiger partial charge in [-0.3, -0.25) is 4.90 Å². The van der Waals surface area contributed by atoms with Gasteiger partial charge in [-0.25, -0.2) is 0 Å². The molecule has 5 rings (SSSR count). The molecule has 0 unspecified atom stereocenters. The Morgan fingerprint density at radius 1 is 0.903 bits per heavy atom. The fourth-order valence-electron chi connectivity index (χ4n) is 4.49. The maximum absolute atomic E-state index is 6.16. The summed E-state index contributed by atoms with van der Waals surface area (Å²) in [5, 5.41) is 1.07. The van der Waals surface area contributed by atoms with Crippen molar-refractivity contribution in [1.82, 2.24) is 4.90 Å². The van der Waals surface area contributed by atoms with E-state index in [1.54, 1.807) is 14.2 Å². The van der Waals surface area contributed by atoms with Crippen molar-refractivity contribution in [3.8, 4) is 22.8 Å². The van der Waals surface area contributed by atoms with Gasteiger partial charge in [-0.2, -0.15) is 0 Å². The van der Waals surface area contributed by atoms with E-state index < -0.39 is 0 Å². The third-order valence-corrected chi connectivity index (χ3v) is 6.05. The molecule has 0 spiro atoms. The molecule has 4 heteroatoms. The molecule has 0 N–H and O–H groups in total. The Balaban J connectivity index is 1.44. The summed E-state index contributed by atoms with van der Waals surface area (Å²) in [4.78, 5) is 2.50. The largest absolute Gasteiger partial charge is 0.497 e. The Bertz CT molecular complexity index is 1200. The number of ether oxygens (including phenoxy) is 2. The van der Waals surface area contributed by atoms with Crippen molar-refractivity contribution in [3.63, 3.8) is 0 Å². The van der Waals surface area contributed by atoms with Gasteiger partial charge in [0.25, 0.3) is 0 Å². The van der Waals surface area contributed by atoms with Crippen LogP contribution in [0.5, 0.6) is 11.5 Å². The number of fused-ring (bicyclic) bond motifs is 2. The van der Waals surface area contributed by atoms with E-state index in [4.69, 9.17) is 13.9 Å². The average Bonchev–Trinajstić information content (AvgIpc) is 3.13. The molecule has 0 bridgehead atoms. The zero-order chi connectivity index (χ0) is 21.2. The highest BCUT2D eigenvalue weighted by Gasteiger charge is 2.18. The minimum atomic E-state index is 0.784. The predicted molar refractivity (Wildman–Crippen MR) is 124 cm³/mol. The van der Waals surface area contributed by atoms with Crippen molar-refractivity contribution >= 4 is 11.0 Å². The average molecular weight is 414 g/mol. The summed E-state index contributed by atoms with van der Waals surface area (Å²) < 4.78 is 17.3. The molecule has 2 heterocycles. The van der Waals surface area contributed by atoms with Crippen LogP contribution in [-0.4, -0.2) is 25.7 Å². The maximum atomic E-state index is 6.16. The highest BCUT2D eigenvalue weighted by Crippen LogP contribution is 2.35. The zero-order valence-corrected chi connectivity index (χ0v) is 18.1. The second kappa shape index (κ2) is 8.48. The van der Waals surface area contributed by atoms with Crippen molar-refractivity contribution in [3.05, 3.63) is 83.4 Å². The van der Waals surface area contributed by atoms with Gasteiger partial charge in [-0.15, -0.1) is 0 Å². The fraction of sp³-hybridized carbons (Fsp3) is 0.259. The van der Waals surface area contributed by atoms with Gasteiger partial charge in [0.1, 0.15) is 11.5 Å². The lowest BCUT2D eigenvalue weighted by Gasteiger charge is -2.21. The monoisotopic (exact) mass is 413 g/mol. The number of benzene rings is 3. The molecule has 0 aliphatic carbocycles. The third-order valence-electron chi connectivity index (χ3n) is 6.05. The number of hydrogen-bond donors (Lipinski definition) is 0. The first-order valence-electron chi connectivity index (χ1n) is 10.8. The first-order chi connectivity index (χ1) is 15.2. The Hall–Kier alpha value is -3.24. The molecule has 0 saturated carbocycles. The molecule has 31 heavy (non-hydrogen) atoms. The highest BCUT2D eigenvalue weighted by molar-refractivity contribution is 5.88. The van der Waals surface area contributed by atoms with Crippen LogP contribution in [0.25, 0.3) is 22.3 Å². The lowest BCUT2D eigenvalue weighted by Crippen LogP contribution is -2.22. The quantitative estimate of drug-likeness (QED) is 0.398. The summed E-state index contributed by atoms with van der Waals surface area (Å²) in [6, 6.07) is 23.1. The van der Waals surface area contributed by atoms with Gasteiger partial charge in [0.2, 0.25) is 0 Å². The number of methoxy groups -OCH3 is 2. The molecule has 0 radical (unpaired) electrons. The van der Waals surface area contributed by atoms with E-state index >= 15 is 0 Å². The first kappa shape index (κ1) is 19.7. The molecule has 1 aliphatic rings. The van der Waals surface area contributed by atoms with Crippen LogP contribution >= 0.6 is 0 Å². The van der Waals surface area contributed by atoms with Gasteiger partial charge in [-0.1, -0.05) is 36.4 Å². The summed E-state index contributed by atoms with van der Waals surface area (Å²) in [5.41, 5.74) is 5.89. The number of aryl methyl sites for hydroxylation is 1. The van der Waals surface area contributed by atoms with Crippen molar-refractivity contribution in [2.75, 3.05) is 20.8 Å². The van der Waals surface area contributed by atoms with Crippen LogP contribution in [0.1, 0.15) is 23.1 Å². The van der Waals surface area contributed by atoms with Crippen LogP contribution in [0.4, 0.5) is 0 Å². The number of rotatable bonds is 5. The van der Waals surface area contributed by atoms with Gasteiger partial charge in [-0.05, 0) is 66.4 Å². The van der Waals surface area contributed by atoms with E-state index in [0.717, 1.165) is 66.3 Å². The molecule has 4 nitrogen and oxygen atoms in total. The second-order valence-corrected chi connectivity index (χ2v) is 8.14. The molecule has 0 saturated heterocycles. The molecule has 4 aromatic rings. The Kier molecular flexibility index (Phi) is 5.39. The van der Waals surface area contributed by atoms with Crippen LogP contribution in [0.2, 0.25) is 0 Å². The van der Waals surface area contributed by atoms with E-state index in [1.165, 1.54) is 16.7 Å². The Morgan fingerprint density at radius 2 is 1.77 bits per heavy atom. The van der Waals surface area contributed by atoms with E-state index in [0.29, 0.717) is 0 Å². The van der Waals surface area contributed by atoms with Gasteiger partial charge >= 0.3 is 0 Å². The van der Waals surface area contributed by atoms with Crippen molar-refractivity contribution in [2.24, 2.45) is 0 Å². The predicted octanol–water partition coefficient (Wildman–Crippen LogP) is 6.07. The Labute approximate surface area is 183 Å². The van der Waals surface area contributed by atoms with Crippen LogP contribution in [0.15, 0.2) is 71.1 Å². The summed E-state index contributed by atoms with van der Waals surface area (Å²) in [7, 11) is 3.43. The molecular formula is C27H27NO3. The summed E-state index contributed by atoms with van der Waals surface area (Å²) in [6.45, 7) is 2.86. The summed E-state index contributed by atoms with van der Waals surface area (Å²) in [5.74, 6) is 2.57. The van der Waals surface area contributed by atoms with Gasteiger partial charge < -0.3 is 13.9 Å². The van der Waals surface area contributed by atoms with Crippen molar-refractivity contribution in [1.29, 1.82) is 0 Å². The van der Waals surface area contributed by atoms with Crippen LogP contribution in [0.3, 0.4) is 0 Å². The fourth-order valence-corrected chi connectivity index (χ4v) is 4.49. The number of nitrogens with zero attached hydrogens (tertiary/aromatic N) is 1.